The van der Waals surface area contributed by atoms with Crippen molar-refractivity contribution in [3.8, 4) is 0 Å². The highest BCUT2D eigenvalue weighted by atomic mass is 16.7. The largest absolute Gasteiger partial charge is 0.506 e. The predicted molar refractivity (Wildman–Crippen MR) is 67.2 cm³/mol. The Morgan fingerprint density at radius 3 is 2.59 bits per heavy atom. The van der Waals surface area contributed by atoms with Crippen molar-refractivity contribution in [2.24, 2.45) is 0 Å². The van der Waals surface area contributed by atoms with Crippen molar-refractivity contribution in [2.75, 3.05) is 0 Å². The summed E-state index contributed by atoms with van der Waals surface area (Å²) in [4.78, 5) is 10.5. The molecule has 17 heavy (non-hydrogen) atoms. The molecule has 0 aliphatic heterocycles. The van der Waals surface area contributed by atoms with Crippen LogP contribution in [0.3, 0.4) is 0 Å². The quantitative estimate of drug-likeness (QED) is 0.731. The van der Waals surface area contributed by atoms with Crippen molar-refractivity contribution in [1.82, 2.24) is 0 Å². The molecule has 3 nitrogen and oxygen atoms in total. The number of benzene rings is 1. The summed E-state index contributed by atoms with van der Waals surface area (Å²) in [5.41, 5.74) is 1.29. The molecule has 0 fully saturated rings. The first-order valence-electron chi connectivity index (χ1n) is 6.16. The summed E-state index contributed by atoms with van der Waals surface area (Å²) in [5.74, 6) is 0. The first kappa shape index (κ1) is 13.6. The molecule has 1 aromatic carbocycles. The Kier molecular flexibility index (Phi) is 6.15. The molecule has 0 saturated carbocycles. The first-order valence-corrected chi connectivity index (χ1v) is 6.16. The highest BCUT2D eigenvalue weighted by Gasteiger charge is 2.12. The Hall–Kier alpha value is -1.51. The summed E-state index contributed by atoms with van der Waals surface area (Å²) < 4.78 is 4.85. The van der Waals surface area contributed by atoms with Gasteiger partial charge in [0.25, 0.3) is 0 Å². The third kappa shape index (κ3) is 5.95. The predicted octanol–water partition coefficient (Wildman–Crippen LogP) is 3.87. The molecule has 0 aromatic heterocycles. The van der Waals surface area contributed by atoms with E-state index in [9.17, 15) is 4.79 Å². The average molecular weight is 236 g/mol. The number of ether oxygens (including phenoxy) is 1. The van der Waals surface area contributed by atoms with E-state index in [0.717, 1.165) is 32.1 Å². The lowest BCUT2D eigenvalue weighted by atomic mass is 10.0. The number of carboxylic acid groups (broad SMARTS) is 1. The van der Waals surface area contributed by atoms with E-state index in [2.05, 4.69) is 12.1 Å². The van der Waals surface area contributed by atoms with Gasteiger partial charge in [-0.3, -0.25) is 0 Å². The lowest BCUT2D eigenvalue weighted by Gasteiger charge is -2.14. The van der Waals surface area contributed by atoms with Crippen molar-refractivity contribution in [2.45, 2.75) is 45.1 Å². The fourth-order valence-corrected chi connectivity index (χ4v) is 1.91. The molecule has 0 spiro atoms. The molecule has 1 unspecified atom stereocenters. The molecular weight excluding hydrogens is 216 g/mol. The van der Waals surface area contributed by atoms with E-state index < -0.39 is 6.16 Å². The van der Waals surface area contributed by atoms with Crippen LogP contribution in [0, 0.1) is 0 Å². The van der Waals surface area contributed by atoms with Gasteiger partial charge in [0.1, 0.15) is 6.10 Å². The minimum atomic E-state index is -1.16. The Morgan fingerprint density at radius 2 is 2.00 bits per heavy atom. The molecule has 3 heteroatoms. The maximum atomic E-state index is 10.5. The number of rotatable bonds is 7. The van der Waals surface area contributed by atoms with Crippen LogP contribution in [0.2, 0.25) is 0 Å². The van der Waals surface area contributed by atoms with Crippen LogP contribution in [-0.2, 0) is 11.2 Å². The van der Waals surface area contributed by atoms with Gasteiger partial charge in [-0.2, -0.15) is 0 Å². The van der Waals surface area contributed by atoms with Gasteiger partial charge in [-0.1, -0.05) is 43.7 Å². The average Bonchev–Trinajstić information content (AvgIpc) is 2.30. The summed E-state index contributed by atoms with van der Waals surface area (Å²) >= 11 is 0. The SMILES string of the molecule is CCCC(CCCc1ccccc1)OC(=O)O. The molecule has 0 aliphatic carbocycles. The summed E-state index contributed by atoms with van der Waals surface area (Å²) in [6.07, 6.45) is 3.18. The Balaban J connectivity index is 2.29. The zero-order valence-electron chi connectivity index (χ0n) is 10.3. The summed E-state index contributed by atoms with van der Waals surface area (Å²) in [5, 5.41) is 8.60. The number of hydrogen-bond donors (Lipinski definition) is 1. The molecule has 94 valence electrons. The first-order chi connectivity index (χ1) is 8.22. The summed E-state index contributed by atoms with van der Waals surface area (Å²) in [6.45, 7) is 2.04. The molecule has 0 amide bonds. The highest BCUT2D eigenvalue weighted by molar-refractivity contribution is 5.57. The Morgan fingerprint density at radius 1 is 1.29 bits per heavy atom. The zero-order chi connectivity index (χ0) is 12.5. The van der Waals surface area contributed by atoms with E-state index in [1.807, 2.05) is 25.1 Å². The smallest absolute Gasteiger partial charge is 0.450 e. The van der Waals surface area contributed by atoms with E-state index in [-0.39, 0.29) is 6.10 Å². The van der Waals surface area contributed by atoms with Crippen LogP contribution in [0.15, 0.2) is 30.3 Å². The van der Waals surface area contributed by atoms with Crippen molar-refractivity contribution in [1.29, 1.82) is 0 Å². The Labute approximate surface area is 102 Å². The van der Waals surface area contributed by atoms with Crippen molar-refractivity contribution in [3.63, 3.8) is 0 Å². The van der Waals surface area contributed by atoms with Gasteiger partial charge in [-0.15, -0.1) is 0 Å². The van der Waals surface area contributed by atoms with Gasteiger partial charge in [0.05, 0.1) is 0 Å². The monoisotopic (exact) mass is 236 g/mol. The molecule has 0 aliphatic rings. The standard InChI is InChI=1S/C14H20O3/c1-2-7-13(17-14(15)16)11-6-10-12-8-4-3-5-9-12/h3-5,8-9,13H,2,6-7,10-11H2,1H3,(H,15,16). The zero-order valence-corrected chi connectivity index (χ0v) is 10.3. The minimum absolute atomic E-state index is 0.152. The maximum absolute atomic E-state index is 10.5. The second kappa shape index (κ2) is 7.71. The van der Waals surface area contributed by atoms with E-state index in [0.29, 0.717) is 0 Å². The van der Waals surface area contributed by atoms with Crippen LogP contribution in [0.4, 0.5) is 4.79 Å². The fraction of sp³-hybridized carbons (Fsp3) is 0.500. The second-order valence-electron chi connectivity index (χ2n) is 4.17. The van der Waals surface area contributed by atoms with Crippen LogP contribution >= 0.6 is 0 Å². The van der Waals surface area contributed by atoms with Crippen molar-refractivity contribution < 1.29 is 14.6 Å². The second-order valence-corrected chi connectivity index (χ2v) is 4.17. The van der Waals surface area contributed by atoms with Crippen molar-refractivity contribution >= 4 is 6.16 Å². The van der Waals surface area contributed by atoms with Gasteiger partial charge in [0, 0.05) is 0 Å². The third-order valence-corrected chi connectivity index (χ3v) is 2.71. The molecule has 1 aromatic rings. The number of carbonyl (C=O) groups is 1. The van der Waals surface area contributed by atoms with E-state index in [4.69, 9.17) is 9.84 Å². The van der Waals surface area contributed by atoms with Crippen LogP contribution in [0.5, 0.6) is 0 Å². The molecule has 0 radical (unpaired) electrons. The van der Waals surface area contributed by atoms with Gasteiger partial charge in [0.15, 0.2) is 0 Å². The Bertz CT molecular complexity index is 321. The molecule has 1 N–H and O–H groups in total. The normalized spacial score (nSPS) is 12.1. The molecule has 0 saturated heterocycles. The van der Waals surface area contributed by atoms with Crippen LogP contribution in [0.1, 0.15) is 38.2 Å². The number of aryl methyl sites for hydroxylation is 1. The van der Waals surface area contributed by atoms with E-state index >= 15 is 0 Å². The van der Waals surface area contributed by atoms with Crippen LogP contribution in [-0.4, -0.2) is 17.4 Å². The molecule has 1 atom stereocenters. The van der Waals surface area contributed by atoms with Gasteiger partial charge in [-0.05, 0) is 31.2 Å². The molecular formula is C14H20O3. The lowest BCUT2D eigenvalue weighted by Crippen LogP contribution is -2.16. The number of hydrogen-bond acceptors (Lipinski definition) is 2. The fourth-order valence-electron chi connectivity index (χ4n) is 1.91. The third-order valence-electron chi connectivity index (χ3n) is 2.71. The minimum Gasteiger partial charge on any atom is -0.450 e. The van der Waals surface area contributed by atoms with Gasteiger partial charge in [-0.25, -0.2) is 4.79 Å². The molecule has 0 bridgehead atoms. The van der Waals surface area contributed by atoms with Gasteiger partial charge >= 0.3 is 6.16 Å². The molecule has 1 rings (SSSR count). The van der Waals surface area contributed by atoms with Crippen LogP contribution < -0.4 is 0 Å². The highest BCUT2D eigenvalue weighted by Crippen LogP contribution is 2.12. The van der Waals surface area contributed by atoms with Crippen molar-refractivity contribution in [3.05, 3.63) is 35.9 Å². The lowest BCUT2D eigenvalue weighted by molar-refractivity contribution is 0.0434. The van der Waals surface area contributed by atoms with Gasteiger partial charge < -0.3 is 9.84 Å². The van der Waals surface area contributed by atoms with Crippen LogP contribution in [0.25, 0.3) is 0 Å². The van der Waals surface area contributed by atoms with E-state index in [1.54, 1.807) is 0 Å². The van der Waals surface area contributed by atoms with Gasteiger partial charge in [0.2, 0.25) is 0 Å². The maximum Gasteiger partial charge on any atom is 0.506 e. The topological polar surface area (TPSA) is 46.5 Å². The summed E-state index contributed by atoms with van der Waals surface area (Å²) in [7, 11) is 0. The van der Waals surface area contributed by atoms with E-state index in [1.165, 1.54) is 5.56 Å². The molecule has 0 heterocycles. The summed E-state index contributed by atoms with van der Waals surface area (Å²) in [6, 6.07) is 10.2.